The minimum absolute atomic E-state index is 0.344. The Bertz CT molecular complexity index is 713. The molecule has 6 heteroatoms. The van der Waals surface area contributed by atoms with Crippen LogP contribution in [0.25, 0.3) is 0 Å². The first-order valence-electron chi connectivity index (χ1n) is 7.55. The number of carbonyl (C=O) groups excluding carboxylic acids is 2. The second kappa shape index (κ2) is 8.01. The Morgan fingerprint density at radius 1 is 1.17 bits per heavy atom. The van der Waals surface area contributed by atoms with Crippen molar-refractivity contribution in [3.63, 3.8) is 0 Å². The van der Waals surface area contributed by atoms with Gasteiger partial charge >= 0.3 is 5.97 Å². The van der Waals surface area contributed by atoms with Gasteiger partial charge in [0.25, 0.3) is 5.91 Å². The summed E-state index contributed by atoms with van der Waals surface area (Å²) in [6.45, 7) is 1.77. The molecule has 3 N–H and O–H groups in total. The van der Waals surface area contributed by atoms with Crippen LogP contribution in [0.15, 0.2) is 48.5 Å². The van der Waals surface area contributed by atoms with Crippen molar-refractivity contribution in [3.8, 4) is 5.75 Å². The molecule has 2 aromatic carbocycles. The maximum atomic E-state index is 12.3. The molecule has 0 saturated carbocycles. The lowest BCUT2D eigenvalue weighted by Gasteiger charge is -2.16. The van der Waals surface area contributed by atoms with Crippen molar-refractivity contribution >= 4 is 23.3 Å². The predicted molar refractivity (Wildman–Crippen MR) is 92.0 cm³/mol. The number of esters is 1. The molecule has 1 atom stereocenters. The Morgan fingerprint density at radius 3 is 2.50 bits per heavy atom. The Hall–Kier alpha value is -3.02. The van der Waals surface area contributed by atoms with E-state index in [0.717, 1.165) is 0 Å². The first-order valence-corrected chi connectivity index (χ1v) is 7.55. The predicted octanol–water partition coefficient (Wildman–Crippen LogP) is 2.85. The molecule has 0 aliphatic rings. The number of rotatable bonds is 6. The van der Waals surface area contributed by atoms with Crippen LogP contribution in [0.5, 0.6) is 5.75 Å². The van der Waals surface area contributed by atoms with Gasteiger partial charge in [0.1, 0.15) is 5.75 Å². The number of nitrogen functional groups attached to an aromatic ring is 1. The fourth-order valence-electron chi connectivity index (χ4n) is 2.06. The van der Waals surface area contributed by atoms with Gasteiger partial charge in [0, 0.05) is 17.4 Å². The van der Waals surface area contributed by atoms with Crippen molar-refractivity contribution in [2.45, 2.75) is 19.4 Å². The largest absolute Gasteiger partial charge is 0.497 e. The summed E-state index contributed by atoms with van der Waals surface area (Å²) < 4.78 is 10.4. The third-order valence-electron chi connectivity index (χ3n) is 3.40. The summed E-state index contributed by atoms with van der Waals surface area (Å²) in [4.78, 5) is 24.4. The number of methoxy groups -OCH3 is 1. The molecule has 126 valence electrons. The molecule has 0 aliphatic heterocycles. The number of ether oxygens (including phenoxy) is 2. The van der Waals surface area contributed by atoms with E-state index in [1.54, 1.807) is 62.6 Å². The molecule has 1 amide bonds. The Kier molecular flexibility index (Phi) is 5.78. The Labute approximate surface area is 140 Å². The van der Waals surface area contributed by atoms with Gasteiger partial charge in [-0.2, -0.15) is 0 Å². The summed E-state index contributed by atoms with van der Waals surface area (Å²) >= 11 is 0. The topological polar surface area (TPSA) is 90.7 Å². The lowest BCUT2D eigenvalue weighted by molar-refractivity contribution is -0.124. The number of benzene rings is 2. The molecular formula is C18H20N2O4. The van der Waals surface area contributed by atoms with Crippen LogP contribution in [0.1, 0.15) is 23.7 Å². The van der Waals surface area contributed by atoms with E-state index < -0.39 is 18.0 Å². The number of amides is 1. The van der Waals surface area contributed by atoms with Crippen molar-refractivity contribution in [1.82, 2.24) is 0 Å². The minimum atomic E-state index is -0.888. The van der Waals surface area contributed by atoms with Gasteiger partial charge in [-0.05, 0) is 42.8 Å². The molecular weight excluding hydrogens is 308 g/mol. The zero-order valence-electron chi connectivity index (χ0n) is 13.6. The molecule has 0 radical (unpaired) electrons. The van der Waals surface area contributed by atoms with Crippen LogP contribution in [0.2, 0.25) is 0 Å². The van der Waals surface area contributed by atoms with E-state index in [0.29, 0.717) is 29.1 Å². The van der Waals surface area contributed by atoms with Crippen molar-refractivity contribution in [2.75, 3.05) is 18.2 Å². The Balaban J connectivity index is 2.02. The van der Waals surface area contributed by atoms with Crippen LogP contribution in [-0.4, -0.2) is 25.1 Å². The molecule has 0 aromatic heterocycles. The standard InChI is InChI=1S/C18H20N2O4/c1-3-16(24-18(22)12-7-9-13(19)10-8-12)17(21)20-14-5-4-6-15(11-14)23-2/h4-11,16H,3,19H2,1-2H3,(H,20,21). The summed E-state index contributed by atoms with van der Waals surface area (Å²) in [5.41, 5.74) is 7.05. The number of anilines is 2. The third-order valence-corrected chi connectivity index (χ3v) is 3.40. The van der Waals surface area contributed by atoms with Crippen molar-refractivity contribution in [2.24, 2.45) is 0 Å². The van der Waals surface area contributed by atoms with Gasteiger partial charge < -0.3 is 20.5 Å². The second-order valence-electron chi connectivity index (χ2n) is 5.15. The van der Waals surface area contributed by atoms with Crippen LogP contribution in [0.4, 0.5) is 11.4 Å². The van der Waals surface area contributed by atoms with Crippen molar-refractivity contribution < 1.29 is 19.1 Å². The van der Waals surface area contributed by atoms with Gasteiger partial charge in [-0.1, -0.05) is 13.0 Å². The van der Waals surface area contributed by atoms with Crippen LogP contribution in [0.3, 0.4) is 0 Å². The summed E-state index contributed by atoms with van der Waals surface area (Å²) in [6.07, 6.45) is -0.530. The molecule has 0 aliphatic carbocycles. The van der Waals surface area contributed by atoms with E-state index in [-0.39, 0.29) is 0 Å². The van der Waals surface area contributed by atoms with Gasteiger partial charge in [0.05, 0.1) is 12.7 Å². The molecule has 24 heavy (non-hydrogen) atoms. The monoisotopic (exact) mass is 328 g/mol. The highest BCUT2D eigenvalue weighted by molar-refractivity contribution is 5.97. The summed E-state index contributed by atoms with van der Waals surface area (Å²) in [6, 6.07) is 13.3. The van der Waals surface area contributed by atoms with Crippen LogP contribution in [-0.2, 0) is 9.53 Å². The van der Waals surface area contributed by atoms with Crippen LogP contribution < -0.4 is 15.8 Å². The molecule has 1 unspecified atom stereocenters. The first kappa shape index (κ1) is 17.3. The van der Waals surface area contributed by atoms with E-state index in [9.17, 15) is 9.59 Å². The van der Waals surface area contributed by atoms with E-state index in [1.807, 2.05) is 0 Å². The molecule has 2 rings (SSSR count). The van der Waals surface area contributed by atoms with Gasteiger partial charge in [-0.3, -0.25) is 4.79 Å². The molecule has 2 aromatic rings. The third kappa shape index (κ3) is 4.49. The number of nitrogens with one attached hydrogen (secondary N) is 1. The maximum Gasteiger partial charge on any atom is 0.338 e. The SMILES string of the molecule is CCC(OC(=O)c1ccc(N)cc1)C(=O)Nc1cccc(OC)c1. The van der Waals surface area contributed by atoms with Crippen LogP contribution in [0, 0.1) is 0 Å². The van der Waals surface area contributed by atoms with E-state index in [2.05, 4.69) is 5.32 Å². The van der Waals surface area contributed by atoms with Crippen molar-refractivity contribution in [1.29, 1.82) is 0 Å². The van der Waals surface area contributed by atoms with Crippen molar-refractivity contribution in [3.05, 3.63) is 54.1 Å². The summed E-state index contributed by atoms with van der Waals surface area (Å²) in [5, 5.41) is 2.72. The van der Waals surface area contributed by atoms with Gasteiger partial charge in [-0.25, -0.2) is 4.79 Å². The zero-order valence-corrected chi connectivity index (χ0v) is 13.6. The molecule has 0 saturated heterocycles. The van der Waals surface area contributed by atoms with E-state index >= 15 is 0 Å². The van der Waals surface area contributed by atoms with E-state index in [1.165, 1.54) is 0 Å². The highest BCUT2D eigenvalue weighted by atomic mass is 16.5. The van der Waals surface area contributed by atoms with Gasteiger partial charge in [-0.15, -0.1) is 0 Å². The fraction of sp³-hybridized carbons (Fsp3) is 0.222. The zero-order chi connectivity index (χ0) is 17.5. The summed E-state index contributed by atoms with van der Waals surface area (Å²) in [7, 11) is 1.55. The molecule has 0 fully saturated rings. The van der Waals surface area contributed by atoms with Gasteiger partial charge in [0.15, 0.2) is 6.10 Å². The Morgan fingerprint density at radius 2 is 1.88 bits per heavy atom. The lowest BCUT2D eigenvalue weighted by atomic mass is 10.2. The quantitative estimate of drug-likeness (QED) is 0.628. The molecule has 0 bridgehead atoms. The normalized spacial score (nSPS) is 11.4. The first-order chi connectivity index (χ1) is 11.5. The van der Waals surface area contributed by atoms with E-state index in [4.69, 9.17) is 15.2 Å². The number of nitrogens with two attached hydrogens (primary N) is 1. The molecule has 0 heterocycles. The van der Waals surface area contributed by atoms with Gasteiger partial charge in [0.2, 0.25) is 0 Å². The highest BCUT2D eigenvalue weighted by Gasteiger charge is 2.22. The number of hydrogen-bond donors (Lipinski definition) is 2. The van der Waals surface area contributed by atoms with Crippen LogP contribution >= 0.6 is 0 Å². The second-order valence-corrected chi connectivity index (χ2v) is 5.15. The fourth-order valence-corrected chi connectivity index (χ4v) is 2.06. The average Bonchev–Trinajstić information content (AvgIpc) is 2.60. The summed E-state index contributed by atoms with van der Waals surface area (Å²) in [5.74, 6) is -0.336. The average molecular weight is 328 g/mol. The number of hydrogen-bond acceptors (Lipinski definition) is 5. The highest BCUT2D eigenvalue weighted by Crippen LogP contribution is 2.18. The lowest BCUT2D eigenvalue weighted by Crippen LogP contribution is -2.32. The minimum Gasteiger partial charge on any atom is -0.497 e. The smallest absolute Gasteiger partial charge is 0.338 e. The number of carbonyl (C=O) groups is 2. The molecule has 0 spiro atoms. The maximum absolute atomic E-state index is 12.3. The molecule has 6 nitrogen and oxygen atoms in total.